The van der Waals surface area contributed by atoms with Gasteiger partial charge in [0.1, 0.15) is 16.9 Å². The Hall–Kier alpha value is -2.51. The van der Waals surface area contributed by atoms with Gasteiger partial charge in [-0.1, -0.05) is 12.1 Å². The Kier molecular flexibility index (Phi) is 2.96. The van der Waals surface area contributed by atoms with Crippen LogP contribution in [0.3, 0.4) is 0 Å². The highest BCUT2D eigenvalue weighted by Crippen LogP contribution is 2.40. The van der Waals surface area contributed by atoms with E-state index in [1.807, 2.05) is 12.1 Å². The van der Waals surface area contributed by atoms with Crippen LogP contribution in [0.5, 0.6) is 5.75 Å². The van der Waals surface area contributed by atoms with Crippen molar-refractivity contribution >= 4 is 27.2 Å². The number of nitrogens with zero attached hydrogens (tertiary/aromatic N) is 4. The van der Waals surface area contributed by atoms with Crippen LogP contribution >= 0.6 is 11.3 Å². The molecule has 0 atom stereocenters. The number of thiophene rings is 1. The Balaban J connectivity index is 1.78. The fourth-order valence-electron chi connectivity index (χ4n) is 3.32. The molecule has 0 saturated carbocycles. The van der Waals surface area contributed by atoms with Gasteiger partial charge < -0.3 is 9.84 Å². The van der Waals surface area contributed by atoms with Crippen LogP contribution in [0.2, 0.25) is 0 Å². The number of benzene rings is 1. The number of aromatic nitrogens is 4. The van der Waals surface area contributed by atoms with Gasteiger partial charge in [-0.25, -0.2) is 14.5 Å². The highest BCUT2D eigenvalue weighted by Gasteiger charge is 2.30. The minimum absolute atomic E-state index is 0.171. The van der Waals surface area contributed by atoms with Gasteiger partial charge in [-0.3, -0.25) is 0 Å². The molecule has 6 nitrogen and oxygen atoms in total. The zero-order valence-corrected chi connectivity index (χ0v) is 14.7. The second kappa shape index (κ2) is 5.00. The second-order valence-electron chi connectivity index (χ2n) is 6.87. The van der Waals surface area contributed by atoms with Gasteiger partial charge in [0, 0.05) is 11.3 Å². The van der Waals surface area contributed by atoms with Gasteiger partial charge in [0.25, 0.3) is 0 Å². The number of ether oxygens (including phenoxy) is 1. The first kappa shape index (κ1) is 14.8. The minimum Gasteiger partial charge on any atom is -0.507 e. The van der Waals surface area contributed by atoms with Crippen molar-refractivity contribution in [3.05, 3.63) is 41.0 Å². The van der Waals surface area contributed by atoms with Crippen molar-refractivity contribution < 1.29 is 9.84 Å². The zero-order chi connectivity index (χ0) is 17.2. The molecule has 0 radical (unpaired) electrons. The van der Waals surface area contributed by atoms with Crippen LogP contribution in [0.1, 0.15) is 24.3 Å². The fraction of sp³-hybridized carbons (Fsp3) is 0.278. The highest BCUT2D eigenvalue weighted by molar-refractivity contribution is 7.19. The summed E-state index contributed by atoms with van der Waals surface area (Å²) >= 11 is 1.66. The molecule has 0 fully saturated rings. The first-order valence-corrected chi connectivity index (χ1v) is 8.91. The molecule has 4 heterocycles. The van der Waals surface area contributed by atoms with Crippen LogP contribution in [-0.2, 0) is 17.8 Å². The summed E-state index contributed by atoms with van der Waals surface area (Å²) in [4.78, 5) is 11.4. The third-order valence-corrected chi connectivity index (χ3v) is 5.67. The number of phenolic OH excluding ortho intramolecular Hbond substituents is 1. The predicted molar refractivity (Wildman–Crippen MR) is 95.8 cm³/mol. The van der Waals surface area contributed by atoms with Crippen molar-refractivity contribution in [2.24, 2.45) is 0 Å². The van der Waals surface area contributed by atoms with Crippen molar-refractivity contribution in [2.75, 3.05) is 0 Å². The molecule has 1 aromatic carbocycles. The van der Waals surface area contributed by atoms with Crippen molar-refractivity contribution in [3.63, 3.8) is 0 Å². The van der Waals surface area contributed by atoms with Gasteiger partial charge in [0.05, 0.1) is 23.2 Å². The molecule has 3 aromatic heterocycles. The van der Waals surface area contributed by atoms with Crippen LogP contribution < -0.4 is 0 Å². The van der Waals surface area contributed by atoms with E-state index in [-0.39, 0.29) is 11.4 Å². The quantitative estimate of drug-likeness (QED) is 0.567. The van der Waals surface area contributed by atoms with Crippen molar-refractivity contribution in [2.45, 2.75) is 32.5 Å². The average Bonchev–Trinajstić information content (AvgIpc) is 3.14. The number of aromatic hydroxyl groups is 1. The lowest BCUT2D eigenvalue weighted by Crippen LogP contribution is -2.31. The number of hydrogen-bond acceptors (Lipinski definition) is 6. The normalized spacial score (nSPS) is 16.4. The Morgan fingerprint density at radius 3 is 2.96 bits per heavy atom. The third-order valence-electron chi connectivity index (χ3n) is 4.55. The summed E-state index contributed by atoms with van der Waals surface area (Å²) in [5.41, 5.74) is 2.45. The lowest BCUT2D eigenvalue weighted by Gasteiger charge is -2.30. The van der Waals surface area contributed by atoms with Gasteiger partial charge in [-0.2, -0.15) is 0 Å². The van der Waals surface area contributed by atoms with Crippen LogP contribution in [0.25, 0.3) is 27.3 Å². The van der Waals surface area contributed by atoms with E-state index in [0.717, 1.165) is 22.3 Å². The average molecular weight is 352 g/mol. The lowest BCUT2D eigenvalue weighted by molar-refractivity contribution is -0.0379. The molecule has 25 heavy (non-hydrogen) atoms. The summed E-state index contributed by atoms with van der Waals surface area (Å²) in [6.45, 7) is 4.81. The number of hydrogen-bond donors (Lipinski definition) is 1. The van der Waals surface area contributed by atoms with E-state index in [9.17, 15) is 5.11 Å². The fourth-order valence-corrected chi connectivity index (χ4v) is 4.38. The molecule has 0 spiro atoms. The summed E-state index contributed by atoms with van der Waals surface area (Å²) in [7, 11) is 0. The summed E-state index contributed by atoms with van der Waals surface area (Å²) in [6.07, 6.45) is 2.50. The standard InChI is InChI=1S/C18H16N4O2S/c1-18(2)7-11-13(8-24-18)25-17-14(11)16-20-15(21-22(16)9-19-17)10-5-3-4-6-12(10)23/h3-6,9,23H,7-8H2,1-2H3. The molecule has 126 valence electrons. The van der Waals surface area contributed by atoms with Gasteiger partial charge in [-0.05, 0) is 31.5 Å². The first-order chi connectivity index (χ1) is 12.0. The summed E-state index contributed by atoms with van der Waals surface area (Å²) < 4.78 is 7.62. The van der Waals surface area contributed by atoms with E-state index in [2.05, 4.69) is 23.9 Å². The van der Waals surface area contributed by atoms with Crippen molar-refractivity contribution in [1.29, 1.82) is 0 Å². The largest absolute Gasteiger partial charge is 0.507 e. The van der Waals surface area contributed by atoms with E-state index < -0.39 is 0 Å². The molecular weight excluding hydrogens is 336 g/mol. The van der Waals surface area contributed by atoms with E-state index in [1.54, 1.807) is 34.3 Å². The Morgan fingerprint density at radius 2 is 2.12 bits per heavy atom. The maximum Gasteiger partial charge on any atom is 0.185 e. The number of fused-ring (bicyclic) bond motifs is 5. The highest BCUT2D eigenvalue weighted by atomic mass is 32.1. The molecule has 0 unspecified atom stereocenters. The number of rotatable bonds is 1. The molecule has 0 amide bonds. The van der Waals surface area contributed by atoms with Crippen LogP contribution in [0, 0.1) is 0 Å². The molecule has 1 aliphatic rings. The number of para-hydroxylation sites is 1. The molecule has 0 bridgehead atoms. The maximum absolute atomic E-state index is 10.1. The summed E-state index contributed by atoms with van der Waals surface area (Å²) in [5.74, 6) is 0.670. The molecule has 1 aliphatic heterocycles. The summed E-state index contributed by atoms with van der Waals surface area (Å²) in [6, 6.07) is 7.10. The molecular formula is C18H16N4O2S. The SMILES string of the molecule is CC1(C)Cc2c(sc3ncn4nc(-c5ccccc5O)nc4c23)CO1. The van der Waals surface area contributed by atoms with Crippen LogP contribution in [-0.4, -0.2) is 30.3 Å². The van der Waals surface area contributed by atoms with E-state index in [0.29, 0.717) is 18.0 Å². The van der Waals surface area contributed by atoms with Gasteiger partial charge in [0.15, 0.2) is 11.5 Å². The van der Waals surface area contributed by atoms with E-state index in [4.69, 9.17) is 9.72 Å². The predicted octanol–water partition coefficient (Wildman–Crippen LogP) is 3.56. The van der Waals surface area contributed by atoms with Gasteiger partial charge in [-0.15, -0.1) is 16.4 Å². The monoisotopic (exact) mass is 352 g/mol. The van der Waals surface area contributed by atoms with Gasteiger partial charge >= 0.3 is 0 Å². The molecule has 5 rings (SSSR count). The Morgan fingerprint density at radius 1 is 1.28 bits per heavy atom. The van der Waals surface area contributed by atoms with Crippen molar-refractivity contribution in [1.82, 2.24) is 19.6 Å². The number of phenols is 1. The zero-order valence-electron chi connectivity index (χ0n) is 13.9. The van der Waals surface area contributed by atoms with Crippen LogP contribution in [0.15, 0.2) is 30.6 Å². The van der Waals surface area contributed by atoms with E-state index in [1.165, 1.54) is 10.4 Å². The lowest BCUT2D eigenvalue weighted by atomic mass is 9.94. The molecule has 7 heteroatoms. The second-order valence-corrected chi connectivity index (χ2v) is 7.96. The topological polar surface area (TPSA) is 72.5 Å². The molecule has 1 N–H and O–H groups in total. The van der Waals surface area contributed by atoms with Crippen LogP contribution in [0.4, 0.5) is 0 Å². The first-order valence-electron chi connectivity index (χ1n) is 8.10. The third kappa shape index (κ3) is 2.23. The Labute approximate surface area is 147 Å². The molecule has 4 aromatic rings. The maximum atomic E-state index is 10.1. The molecule has 0 aliphatic carbocycles. The smallest absolute Gasteiger partial charge is 0.185 e. The Bertz CT molecular complexity index is 1130. The van der Waals surface area contributed by atoms with E-state index >= 15 is 0 Å². The van der Waals surface area contributed by atoms with Crippen molar-refractivity contribution in [3.8, 4) is 17.1 Å². The summed E-state index contributed by atoms with van der Waals surface area (Å²) in [5, 5.41) is 15.7. The van der Waals surface area contributed by atoms with Gasteiger partial charge in [0.2, 0.25) is 0 Å². The minimum atomic E-state index is -0.200. The molecule has 0 saturated heterocycles.